The van der Waals surface area contributed by atoms with Gasteiger partial charge in [0.2, 0.25) is 0 Å². The van der Waals surface area contributed by atoms with Crippen LogP contribution in [0.25, 0.3) is 22.0 Å². The maximum absolute atomic E-state index is 10.4. The van der Waals surface area contributed by atoms with E-state index in [-0.39, 0.29) is 11.2 Å². The molecule has 1 aromatic heterocycles. The summed E-state index contributed by atoms with van der Waals surface area (Å²) in [5.74, 6) is 0.283. The molecule has 0 aliphatic heterocycles. The third kappa shape index (κ3) is 1.24. The zero-order valence-electron chi connectivity index (χ0n) is 11.4. The van der Waals surface area contributed by atoms with Crippen molar-refractivity contribution in [1.29, 1.82) is 0 Å². The van der Waals surface area contributed by atoms with E-state index in [1.54, 1.807) is 12.4 Å². The Labute approximate surface area is 116 Å². The van der Waals surface area contributed by atoms with Crippen LogP contribution in [0.3, 0.4) is 0 Å². The number of nitrogens with zero attached hydrogens (tertiary/aromatic N) is 2. The van der Waals surface area contributed by atoms with Gasteiger partial charge < -0.3 is 5.11 Å². The average Bonchev–Trinajstić information content (AvgIpc) is 2.69. The first-order valence-electron chi connectivity index (χ1n) is 6.68. The van der Waals surface area contributed by atoms with Gasteiger partial charge in [-0.2, -0.15) is 0 Å². The van der Waals surface area contributed by atoms with Crippen LogP contribution in [-0.2, 0) is 5.41 Å². The highest BCUT2D eigenvalue weighted by Crippen LogP contribution is 2.52. The van der Waals surface area contributed by atoms with Crippen LogP contribution in [0.15, 0.2) is 42.7 Å². The molecule has 0 saturated carbocycles. The Bertz CT molecular complexity index is 853. The second kappa shape index (κ2) is 3.57. The molecule has 0 spiro atoms. The SMILES string of the molecule is CC1(C)c2nccnc2-c2c(O)cc3ccccc3c21. The van der Waals surface area contributed by atoms with Gasteiger partial charge in [0.1, 0.15) is 5.75 Å². The lowest BCUT2D eigenvalue weighted by Gasteiger charge is -2.21. The van der Waals surface area contributed by atoms with Crippen LogP contribution in [0.4, 0.5) is 0 Å². The molecule has 0 bridgehead atoms. The summed E-state index contributed by atoms with van der Waals surface area (Å²) in [7, 11) is 0. The fourth-order valence-electron chi connectivity index (χ4n) is 3.32. The monoisotopic (exact) mass is 262 g/mol. The number of phenolic OH excluding ortho intramolecular Hbond substituents is 1. The summed E-state index contributed by atoms with van der Waals surface area (Å²) in [6, 6.07) is 9.95. The molecule has 1 aliphatic rings. The molecule has 2 aromatic carbocycles. The van der Waals surface area contributed by atoms with E-state index in [4.69, 9.17) is 0 Å². The van der Waals surface area contributed by atoms with Gasteiger partial charge in [-0.05, 0) is 22.4 Å². The van der Waals surface area contributed by atoms with Gasteiger partial charge in [-0.3, -0.25) is 9.97 Å². The van der Waals surface area contributed by atoms with Crippen LogP contribution in [-0.4, -0.2) is 15.1 Å². The molecule has 3 nitrogen and oxygen atoms in total. The van der Waals surface area contributed by atoms with Crippen LogP contribution < -0.4 is 0 Å². The summed E-state index contributed by atoms with van der Waals surface area (Å²) in [4.78, 5) is 8.94. The molecular formula is C17H14N2O. The zero-order chi connectivity index (χ0) is 13.9. The first-order valence-corrected chi connectivity index (χ1v) is 6.68. The third-order valence-electron chi connectivity index (χ3n) is 4.18. The number of hydrogen-bond donors (Lipinski definition) is 1. The van der Waals surface area contributed by atoms with Crippen LogP contribution in [0, 0.1) is 0 Å². The van der Waals surface area contributed by atoms with Gasteiger partial charge in [-0.1, -0.05) is 38.1 Å². The van der Waals surface area contributed by atoms with Crippen LogP contribution in [0.5, 0.6) is 5.75 Å². The summed E-state index contributed by atoms with van der Waals surface area (Å²) >= 11 is 0. The minimum atomic E-state index is -0.253. The fraction of sp³-hybridized carbons (Fsp3) is 0.176. The Hall–Kier alpha value is -2.42. The van der Waals surface area contributed by atoms with E-state index >= 15 is 0 Å². The van der Waals surface area contributed by atoms with Crippen molar-refractivity contribution in [3.05, 3.63) is 54.0 Å². The molecule has 1 aliphatic carbocycles. The standard InChI is InChI=1S/C17H14N2O/c1-17(2)14-11-6-4-3-5-10(11)9-12(20)13(14)15-16(17)19-8-7-18-15/h3-9,20H,1-2H3. The minimum absolute atomic E-state index is 0.253. The van der Waals surface area contributed by atoms with Gasteiger partial charge in [-0.15, -0.1) is 0 Å². The number of hydrogen-bond acceptors (Lipinski definition) is 3. The molecule has 0 unspecified atom stereocenters. The van der Waals surface area contributed by atoms with Gasteiger partial charge in [0.15, 0.2) is 0 Å². The molecule has 98 valence electrons. The number of aromatic hydroxyl groups is 1. The first kappa shape index (κ1) is 11.4. The molecule has 4 rings (SSSR count). The normalized spacial score (nSPS) is 15.1. The molecule has 1 N–H and O–H groups in total. The highest BCUT2D eigenvalue weighted by Gasteiger charge is 2.40. The lowest BCUT2D eigenvalue weighted by Crippen LogP contribution is -2.17. The van der Waals surface area contributed by atoms with Gasteiger partial charge in [0.25, 0.3) is 0 Å². The summed E-state index contributed by atoms with van der Waals surface area (Å²) in [5, 5.41) is 12.6. The van der Waals surface area contributed by atoms with E-state index in [1.807, 2.05) is 24.3 Å². The Morgan fingerprint density at radius 2 is 1.80 bits per heavy atom. The molecule has 3 aromatic rings. The molecule has 0 saturated heterocycles. The highest BCUT2D eigenvalue weighted by atomic mass is 16.3. The number of phenols is 1. The van der Waals surface area contributed by atoms with Crippen molar-refractivity contribution in [3.8, 4) is 17.0 Å². The molecule has 0 radical (unpaired) electrons. The van der Waals surface area contributed by atoms with Crippen molar-refractivity contribution >= 4 is 10.8 Å². The van der Waals surface area contributed by atoms with Crippen LogP contribution in [0.1, 0.15) is 25.1 Å². The van der Waals surface area contributed by atoms with E-state index in [0.717, 1.165) is 33.3 Å². The summed E-state index contributed by atoms with van der Waals surface area (Å²) in [6.45, 7) is 4.27. The first-order chi connectivity index (χ1) is 9.60. The Morgan fingerprint density at radius 1 is 1.05 bits per heavy atom. The molecule has 0 fully saturated rings. The second-order valence-electron chi connectivity index (χ2n) is 5.75. The lowest BCUT2D eigenvalue weighted by atomic mass is 9.82. The van der Waals surface area contributed by atoms with Gasteiger partial charge in [-0.25, -0.2) is 0 Å². The Morgan fingerprint density at radius 3 is 2.65 bits per heavy atom. The van der Waals surface area contributed by atoms with Crippen molar-refractivity contribution in [2.75, 3.05) is 0 Å². The fourth-order valence-corrected chi connectivity index (χ4v) is 3.32. The van der Waals surface area contributed by atoms with E-state index in [1.165, 1.54) is 0 Å². The Balaban J connectivity index is 2.25. The van der Waals surface area contributed by atoms with Gasteiger partial charge in [0.05, 0.1) is 11.4 Å². The topological polar surface area (TPSA) is 46.0 Å². The molecule has 1 heterocycles. The van der Waals surface area contributed by atoms with Crippen molar-refractivity contribution in [2.24, 2.45) is 0 Å². The maximum Gasteiger partial charge on any atom is 0.125 e. The van der Waals surface area contributed by atoms with Gasteiger partial charge >= 0.3 is 0 Å². The lowest BCUT2D eigenvalue weighted by molar-refractivity contribution is 0.477. The second-order valence-corrected chi connectivity index (χ2v) is 5.75. The smallest absolute Gasteiger partial charge is 0.125 e. The quantitative estimate of drug-likeness (QED) is 0.672. The maximum atomic E-state index is 10.4. The predicted octanol–water partition coefficient (Wildman–Crippen LogP) is 3.64. The van der Waals surface area contributed by atoms with Crippen molar-refractivity contribution in [3.63, 3.8) is 0 Å². The van der Waals surface area contributed by atoms with Crippen molar-refractivity contribution in [2.45, 2.75) is 19.3 Å². The molecule has 0 atom stereocenters. The molecule has 20 heavy (non-hydrogen) atoms. The highest BCUT2D eigenvalue weighted by molar-refractivity contribution is 5.98. The average molecular weight is 262 g/mol. The summed E-state index contributed by atoms with van der Waals surface area (Å²) in [6.07, 6.45) is 3.39. The number of benzene rings is 2. The predicted molar refractivity (Wildman–Crippen MR) is 78.8 cm³/mol. The van der Waals surface area contributed by atoms with Crippen LogP contribution >= 0.6 is 0 Å². The van der Waals surface area contributed by atoms with Crippen molar-refractivity contribution in [1.82, 2.24) is 9.97 Å². The van der Waals surface area contributed by atoms with E-state index in [0.29, 0.717) is 0 Å². The largest absolute Gasteiger partial charge is 0.507 e. The Kier molecular flexibility index (Phi) is 2.04. The van der Waals surface area contributed by atoms with Gasteiger partial charge in [0, 0.05) is 23.4 Å². The van der Waals surface area contributed by atoms with E-state index in [9.17, 15) is 5.11 Å². The molecule has 3 heteroatoms. The number of rotatable bonds is 0. The molecule has 0 amide bonds. The van der Waals surface area contributed by atoms with E-state index in [2.05, 4.69) is 29.9 Å². The molecular weight excluding hydrogens is 248 g/mol. The minimum Gasteiger partial charge on any atom is -0.507 e. The summed E-state index contributed by atoms with van der Waals surface area (Å²) in [5.41, 5.74) is 3.43. The number of fused-ring (bicyclic) bond motifs is 5. The summed E-state index contributed by atoms with van der Waals surface area (Å²) < 4.78 is 0. The third-order valence-corrected chi connectivity index (χ3v) is 4.18. The van der Waals surface area contributed by atoms with Crippen molar-refractivity contribution < 1.29 is 5.11 Å². The van der Waals surface area contributed by atoms with Crippen LogP contribution in [0.2, 0.25) is 0 Å². The number of aromatic nitrogens is 2. The van der Waals surface area contributed by atoms with E-state index < -0.39 is 0 Å². The zero-order valence-corrected chi connectivity index (χ0v) is 11.4.